The minimum atomic E-state index is -0.870. The van der Waals surface area contributed by atoms with Crippen molar-refractivity contribution in [1.29, 1.82) is 0 Å². The first-order chi connectivity index (χ1) is 11.6. The molecule has 24 heavy (non-hydrogen) atoms. The van der Waals surface area contributed by atoms with Crippen LogP contribution in [0.4, 0.5) is 0 Å². The fourth-order valence-corrected chi connectivity index (χ4v) is 4.05. The molecule has 3 heterocycles. The predicted octanol–water partition coefficient (Wildman–Crippen LogP) is 1.97. The number of likely N-dealkylation sites (tertiary alicyclic amines) is 1. The van der Waals surface area contributed by atoms with E-state index in [0.717, 1.165) is 30.1 Å². The van der Waals surface area contributed by atoms with Crippen molar-refractivity contribution in [2.45, 2.75) is 25.9 Å². The van der Waals surface area contributed by atoms with Crippen LogP contribution in [0.1, 0.15) is 24.1 Å². The zero-order valence-corrected chi connectivity index (χ0v) is 13.7. The molecule has 1 aromatic heterocycles. The number of aliphatic carboxylic acids is 1. The Kier molecular flexibility index (Phi) is 3.57. The maximum Gasteiger partial charge on any atom is 0.315 e. The molecule has 4 rings (SSSR count). The molecule has 0 saturated carbocycles. The molecule has 1 fully saturated rings. The Morgan fingerprint density at radius 2 is 2.29 bits per heavy atom. The second kappa shape index (κ2) is 5.63. The van der Waals surface area contributed by atoms with E-state index in [2.05, 4.69) is 21.4 Å². The number of aryl methyl sites for hydroxylation is 1. The molecule has 2 atom stereocenters. The van der Waals surface area contributed by atoms with Gasteiger partial charge in [-0.3, -0.25) is 9.69 Å². The highest BCUT2D eigenvalue weighted by molar-refractivity contribution is 5.78. The Hall–Kier alpha value is -2.34. The lowest BCUT2D eigenvalue weighted by atomic mass is 9.73. The number of nitrogens with zero attached hydrogens (tertiary/aromatic N) is 3. The summed E-state index contributed by atoms with van der Waals surface area (Å²) in [6.07, 6.45) is 3.69. The summed E-state index contributed by atoms with van der Waals surface area (Å²) in [6.45, 7) is 5.10. The van der Waals surface area contributed by atoms with Gasteiger partial charge in [0.1, 0.15) is 17.8 Å². The van der Waals surface area contributed by atoms with E-state index in [-0.39, 0.29) is 12.5 Å². The van der Waals surface area contributed by atoms with Crippen molar-refractivity contribution in [2.75, 3.05) is 19.7 Å². The van der Waals surface area contributed by atoms with Gasteiger partial charge in [0, 0.05) is 38.3 Å². The van der Waals surface area contributed by atoms with E-state index >= 15 is 0 Å². The number of carboxylic acids is 1. The summed E-state index contributed by atoms with van der Waals surface area (Å²) < 4.78 is 7.90. The largest absolute Gasteiger partial charge is 0.492 e. The molecule has 2 aliphatic rings. The highest BCUT2D eigenvalue weighted by Crippen LogP contribution is 2.49. The van der Waals surface area contributed by atoms with Crippen LogP contribution >= 0.6 is 0 Å². The summed E-state index contributed by atoms with van der Waals surface area (Å²) in [4.78, 5) is 18.5. The minimum Gasteiger partial charge on any atom is -0.492 e. The van der Waals surface area contributed by atoms with Crippen LogP contribution in [0.25, 0.3) is 0 Å². The third-order valence-corrected chi connectivity index (χ3v) is 5.34. The maximum absolute atomic E-state index is 12.1. The minimum absolute atomic E-state index is 0.0436. The van der Waals surface area contributed by atoms with Gasteiger partial charge in [-0.25, -0.2) is 4.98 Å². The van der Waals surface area contributed by atoms with Gasteiger partial charge in [-0.2, -0.15) is 0 Å². The van der Waals surface area contributed by atoms with E-state index in [1.165, 1.54) is 0 Å². The van der Waals surface area contributed by atoms with Crippen molar-refractivity contribution in [3.8, 4) is 5.75 Å². The molecule has 2 aromatic rings. The molecule has 126 valence electrons. The number of imidazole rings is 1. The van der Waals surface area contributed by atoms with Crippen LogP contribution in [0.3, 0.4) is 0 Å². The number of hydrogen-bond acceptors (Lipinski definition) is 4. The highest BCUT2D eigenvalue weighted by Gasteiger charge is 2.56. The quantitative estimate of drug-likeness (QED) is 0.930. The summed E-state index contributed by atoms with van der Waals surface area (Å²) >= 11 is 0. The number of carbonyl (C=O) groups is 1. The third kappa shape index (κ3) is 2.21. The number of para-hydroxylation sites is 1. The SMILES string of the molecule is CCn1cncc1CN1CC2c3ccccc3OC[C@]2(C(=O)O)C1. The van der Waals surface area contributed by atoms with Crippen molar-refractivity contribution in [3.05, 3.63) is 48.0 Å². The van der Waals surface area contributed by atoms with Crippen LogP contribution in [0, 0.1) is 5.41 Å². The first-order valence-corrected chi connectivity index (χ1v) is 8.30. The Morgan fingerprint density at radius 1 is 1.46 bits per heavy atom. The predicted molar refractivity (Wildman–Crippen MR) is 87.9 cm³/mol. The zero-order valence-electron chi connectivity index (χ0n) is 13.7. The van der Waals surface area contributed by atoms with Crippen LogP contribution in [0.15, 0.2) is 36.8 Å². The lowest BCUT2D eigenvalue weighted by Crippen LogP contribution is -2.45. The van der Waals surface area contributed by atoms with Gasteiger partial charge in [0.15, 0.2) is 0 Å². The first-order valence-electron chi connectivity index (χ1n) is 8.30. The van der Waals surface area contributed by atoms with Crippen molar-refractivity contribution < 1.29 is 14.6 Å². The van der Waals surface area contributed by atoms with Crippen molar-refractivity contribution in [3.63, 3.8) is 0 Å². The summed E-state index contributed by atoms with van der Waals surface area (Å²) in [5.74, 6) is 0.00581. The molecule has 6 heteroatoms. The van der Waals surface area contributed by atoms with Gasteiger partial charge < -0.3 is 14.4 Å². The van der Waals surface area contributed by atoms with E-state index in [9.17, 15) is 9.90 Å². The third-order valence-electron chi connectivity index (χ3n) is 5.34. The van der Waals surface area contributed by atoms with Gasteiger partial charge in [-0.15, -0.1) is 0 Å². The van der Waals surface area contributed by atoms with Crippen LogP contribution in [0.2, 0.25) is 0 Å². The maximum atomic E-state index is 12.1. The summed E-state index contributed by atoms with van der Waals surface area (Å²) in [6, 6.07) is 7.81. The Labute approximate surface area is 140 Å². The Bertz CT molecular complexity index is 772. The first kappa shape index (κ1) is 15.2. The van der Waals surface area contributed by atoms with Crippen LogP contribution in [-0.2, 0) is 17.9 Å². The molecular formula is C18H21N3O3. The number of rotatable bonds is 4. The van der Waals surface area contributed by atoms with Gasteiger partial charge in [0.05, 0.1) is 12.0 Å². The molecule has 0 spiro atoms. The number of aromatic nitrogens is 2. The fraction of sp³-hybridized carbons (Fsp3) is 0.444. The smallest absolute Gasteiger partial charge is 0.315 e. The average molecular weight is 327 g/mol. The van der Waals surface area contributed by atoms with Gasteiger partial charge >= 0.3 is 5.97 Å². The summed E-state index contributed by atoms with van der Waals surface area (Å²) in [5.41, 5.74) is 1.26. The monoisotopic (exact) mass is 327 g/mol. The van der Waals surface area contributed by atoms with Gasteiger partial charge in [0.25, 0.3) is 0 Å². The second-order valence-corrected chi connectivity index (χ2v) is 6.68. The molecule has 1 unspecified atom stereocenters. The standard InChI is InChI=1S/C18H21N3O3/c1-2-21-12-19-7-13(21)8-20-9-15-14-5-3-4-6-16(14)24-11-18(15,10-20)17(22)23/h3-7,12,15H,2,8-11H2,1H3,(H,22,23)/t15?,18-/m1/s1. The molecule has 2 aliphatic heterocycles. The molecule has 0 aliphatic carbocycles. The highest BCUT2D eigenvalue weighted by atomic mass is 16.5. The number of fused-ring (bicyclic) bond motifs is 3. The van der Waals surface area contributed by atoms with Gasteiger partial charge in [-0.1, -0.05) is 18.2 Å². The molecule has 0 amide bonds. The van der Waals surface area contributed by atoms with Crippen molar-refractivity contribution in [1.82, 2.24) is 14.5 Å². The molecule has 1 N–H and O–H groups in total. The fourth-order valence-electron chi connectivity index (χ4n) is 4.05. The second-order valence-electron chi connectivity index (χ2n) is 6.68. The topological polar surface area (TPSA) is 67.6 Å². The Balaban J connectivity index is 1.65. The molecule has 0 bridgehead atoms. The van der Waals surface area contributed by atoms with E-state index < -0.39 is 11.4 Å². The van der Waals surface area contributed by atoms with E-state index in [1.54, 1.807) is 0 Å². The van der Waals surface area contributed by atoms with Crippen LogP contribution in [-0.4, -0.2) is 45.2 Å². The Morgan fingerprint density at radius 3 is 3.08 bits per heavy atom. The summed E-state index contributed by atoms with van der Waals surface area (Å²) in [7, 11) is 0. The molecule has 1 saturated heterocycles. The number of ether oxygens (including phenoxy) is 1. The molecular weight excluding hydrogens is 306 g/mol. The summed E-state index contributed by atoms with van der Waals surface area (Å²) in [5, 5.41) is 9.95. The molecule has 6 nitrogen and oxygen atoms in total. The number of hydrogen-bond donors (Lipinski definition) is 1. The van der Waals surface area contributed by atoms with Gasteiger partial charge in [0.2, 0.25) is 0 Å². The van der Waals surface area contributed by atoms with Crippen LogP contribution < -0.4 is 4.74 Å². The molecule has 1 aromatic carbocycles. The lowest BCUT2D eigenvalue weighted by Gasteiger charge is -2.35. The lowest BCUT2D eigenvalue weighted by molar-refractivity contribution is -0.151. The van der Waals surface area contributed by atoms with E-state index in [4.69, 9.17) is 4.74 Å². The molecule has 0 radical (unpaired) electrons. The zero-order chi connectivity index (χ0) is 16.7. The normalized spacial score (nSPS) is 25.8. The van der Waals surface area contributed by atoms with E-state index in [1.807, 2.05) is 36.8 Å². The van der Waals surface area contributed by atoms with Crippen molar-refractivity contribution >= 4 is 5.97 Å². The van der Waals surface area contributed by atoms with Crippen molar-refractivity contribution in [2.24, 2.45) is 5.41 Å². The van der Waals surface area contributed by atoms with Gasteiger partial charge in [-0.05, 0) is 18.6 Å². The average Bonchev–Trinajstić information content (AvgIpc) is 3.19. The number of benzene rings is 1. The number of carboxylic acid groups (broad SMARTS) is 1. The van der Waals surface area contributed by atoms with E-state index in [0.29, 0.717) is 13.1 Å². The van der Waals surface area contributed by atoms with Crippen LogP contribution in [0.5, 0.6) is 5.75 Å².